The maximum absolute atomic E-state index is 8.15. The predicted molar refractivity (Wildman–Crippen MR) is 27.7 cm³/mol. The summed E-state index contributed by atoms with van der Waals surface area (Å²) in [5.74, 6) is 0. The smallest absolute Gasteiger partial charge is 0.107 e. The summed E-state index contributed by atoms with van der Waals surface area (Å²) < 4.78 is 2.67. The van der Waals surface area contributed by atoms with Crippen molar-refractivity contribution in [3.05, 3.63) is 17.5 Å². The van der Waals surface area contributed by atoms with E-state index in [0.717, 1.165) is 0 Å². The lowest BCUT2D eigenvalue weighted by molar-refractivity contribution is 1.33. The molecular formula is C4H2N2S. The van der Waals surface area contributed by atoms with Crippen molar-refractivity contribution in [1.29, 1.82) is 5.26 Å². The number of hydrogen-bond acceptors (Lipinski definition) is 3. The number of nitrogens with zero attached hydrogens (tertiary/aromatic N) is 1. The van der Waals surface area contributed by atoms with Crippen molar-refractivity contribution in [2.75, 3.05) is 0 Å². The Bertz CT molecular complexity index is 133. The van der Waals surface area contributed by atoms with Crippen molar-refractivity contribution in [2.45, 2.75) is 0 Å². The number of hydrogen-bond donors (Lipinski definition) is 1. The van der Waals surface area contributed by atoms with E-state index in [1.165, 1.54) is 11.9 Å². The third-order valence-corrected chi connectivity index (χ3v) is 1.18. The highest BCUT2D eigenvalue weighted by molar-refractivity contribution is 8.01. The summed E-state index contributed by atoms with van der Waals surface area (Å²) in [5, 5.41) is 8.15. The largest absolute Gasteiger partial charge is 0.245 e. The van der Waals surface area contributed by atoms with Crippen LogP contribution < -0.4 is 4.72 Å². The van der Waals surface area contributed by atoms with Crippen LogP contribution in [0.15, 0.2) is 11.0 Å². The van der Waals surface area contributed by atoms with Crippen LogP contribution in [-0.2, 0) is 0 Å². The second-order valence-corrected chi connectivity index (χ2v) is 1.82. The Hall–Kier alpha value is -0.460. The minimum Gasteiger partial charge on any atom is -0.245 e. The summed E-state index contributed by atoms with van der Waals surface area (Å²) >= 11 is 1.28. The molecule has 2 radical (unpaired) electrons. The first-order chi connectivity index (χ1) is 3.43. The molecule has 1 aliphatic rings. The standard InChI is InChI=1S/C4H2N2S/c5-3-4-1-2-6-7-4/h1,6H. The number of allylic oxidation sites excluding steroid dienone is 1. The molecule has 0 saturated heterocycles. The van der Waals surface area contributed by atoms with Gasteiger partial charge in [0.1, 0.15) is 6.07 Å². The monoisotopic (exact) mass is 110 g/mol. The minimum absolute atomic E-state index is 0.667. The maximum Gasteiger partial charge on any atom is 0.107 e. The van der Waals surface area contributed by atoms with Gasteiger partial charge >= 0.3 is 0 Å². The average Bonchev–Trinajstić information content (AvgIpc) is 2.14. The van der Waals surface area contributed by atoms with E-state index in [-0.39, 0.29) is 0 Å². The number of nitrogens with one attached hydrogen (secondary N) is 1. The van der Waals surface area contributed by atoms with E-state index < -0.39 is 0 Å². The molecule has 34 valence electrons. The fourth-order valence-corrected chi connectivity index (χ4v) is 0.655. The summed E-state index contributed by atoms with van der Waals surface area (Å²) in [7, 11) is 0. The zero-order chi connectivity index (χ0) is 5.11. The first kappa shape index (κ1) is 4.69. The summed E-state index contributed by atoms with van der Waals surface area (Å²) in [6, 6.07) is 1.96. The van der Waals surface area contributed by atoms with Crippen LogP contribution in [0.25, 0.3) is 0 Å². The zero-order valence-electron chi connectivity index (χ0n) is 3.43. The number of rotatable bonds is 0. The van der Waals surface area contributed by atoms with Crippen LogP contribution >= 0.6 is 11.9 Å². The van der Waals surface area contributed by atoms with Crippen molar-refractivity contribution < 1.29 is 0 Å². The van der Waals surface area contributed by atoms with E-state index >= 15 is 0 Å². The van der Waals surface area contributed by atoms with Crippen molar-refractivity contribution in [2.24, 2.45) is 0 Å². The Kier molecular flexibility index (Phi) is 1.35. The minimum atomic E-state index is 0.667. The van der Waals surface area contributed by atoms with Gasteiger partial charge in [-0.3, -0.25) is 0 Å². The number of nitriles is 1. The van der Waals surface area contributed by atoms with Gasteiger partial charge in [-0.25, -0.2) is 4.72 Å². The van der Waals surface area contributed by atoms with Crippen LogP contribution in [0.2, 0.25) is 0 Å². The lowest BCUT2D eigenvalue weighted by Crippen LogP contribution is -1.85. The van der Waals surface area contributed by atoms with Crippen molar-refractivity contribution >= 4 is 11.9 Å². The Morgan fingerprint density at radius 3 is 3.14 bits per heavy atom. The molecule has 1 rings (SSSR count). The van der Waals surface area contributed by atoms with Gasteiger partial charge in [-0.1, -0.05) is 0 Å². The van der Waals surface area contributed by atoms with E-state index in [0.29, 0.717) is 4.91 Å². The Labute approximate surface area is 46.3 Å². The Balaban J connectivity index is 2.57. The first-order valence-corrected chi connectivity index (χ1v) is 2.53. The summed E-state index contributed by atoms with van der Waals surface area (Å²) in [6.45, 7) is 2.65. The summed E-state index contributed by atoms with van der Waals surface area (Å²) in [6.07, 6.45) is 1.62. The first-order valence-electron chi connectivity index (χ1n) is 1.71. The molecule has 0 aromatic carbocycles. The van der Waals surface area contributed by atoms with Gasteiger partial charge in [-0.15, -0.1) is 0 Å². The molecule has 0 amide bonds. The predicted octanol–water partition coefficient (Wildman–Crippen LogP) is 0.684. The van der Waals surface area contributed by atoms with E-state index in [4.69, 9.17) is 5.26 Å². The van der Waals surface area contributed by atoms with E-state index in [1.807, 2.05) is 6.07 Å². The normalized spacial score (nSPS) is 18.4. The second-order valence-electron chi connectivity index (χ2n) is 0.969. The van der Waals surface area contributed by atoms with Crippen molar-refractivity contribution in [3.63, 3.8) is 0 Å². The fraction of sp³-hybridized carbons (Fsp3) is 0. The van der Waals surface area contributed by atoms with Gasteiger partial charge in [0, 0.05) is 0 Å². The van der Waals surface area contributed by atoms with E-state index in [1.54, 1.807) is 6.08 Å². The SMILES string of the molecule is N#CC1=C[C]NS1. The molecule has 0 spiro atoms. The lowest BCUT2D eigenvalue weighted by atomic mass is 10.5. The van der Waals surface area contributed by atoms with Gasteiger partial charge < -0.3 is 0 Å². The third kappa shape index (κ3) is 0.952. The molecule has 0 atom stereocenters. The Morgan fingerprint density at radius 2 is 2.86 bits per heavy atom. The quantitative estimate of drug-likeness (QED) is 0.466. The summed E-state index contributed by atoms with van der Waals surface area (Å²) in [5.41, 5.74) is 0. The molecule has 7 heavy (non-hydrogen) atoms. The van der Waals surface area contributed by atoms with Crippen LogP contribution in [0.4, 0.5) is 0 Å². The van der Waals surface area contributed by atoms with E-state index in [9.17, 15) is 0 Å². The zero-order valence-corrected chi connectivity index (χ0v) is 4.25. The molecule has 0 bridgehead atoms. The second kappa shape index (κ2) is 2.01. The molecule has 0 unspecified atom stereocenters. The molecule has 0 saturated carbocycles. The molecule has 1 aliphatic heterocycles. The fourth-order valence-electron chi connectivity index (χ4n) is 0.264. The molecule has 0 aliphatic carbocycles. The highest BCUT2D eigenvalue weighted by Crippen LogP contribution is 2.16. The third-order valence-electron chi connectivity index (χ3n) is 0.533. The molecule has 0 aromatic heterocycles. The molecule has 1 heterocycles. The highest BCUT2D eigenvalue weighted by atomic mass is 32.2. The van der Waals surface area contributed by atoms with E-state index in [2.05, 4.69) is 11.3 Å². The van der Waals surface area contributed by atoms with Gasteiger partial charge in [0.25, 0.3) is 0 Å². The van der Waals surface area contributed by atoms with Gasteiger partial charge in [0.05, 0.1) is 11.4 Å². The van der Waals surface area contributed by atoms with Crippen LogP contribution in [-0.4, -0.2) is 0 Å². The topological polar surface area (TPSA) is 35.8 Å². The summed E-state index contributed by atoms with van der Waals surface area (Å²) in [4.78, 5) is 0.667. The van der Waals surface area contributed by atoms with Gasteiger partial charge in [-0.05, 0) is 18.0 Å². The van der Waals surface area contributed by atoms with Crippen LogP contribution in [0, 0.1) is 17.9 Å². The van der Waals surface area contributed by atoms with Crippen LogP contribution in [0.5, 0.6) is 0 Å². The Morgan fingerprint density at radius 1 is 2.00 bits per heavy atom. The van der Waals surface area contributed by atoms with Crippen LogP contribution in [0.3, 0.4) is 0 Å². The van der Waals surface area contributed by atoms with Gasteiger partial charge in [0.15, 0.2) is 0 Å². The van der Waals surface area contributed by atoms with Gasteiger partial charge in [0.2, 0.25) is 0 Å². The van der Waals surface area contributed by atoms with Gasteiger partial charge in [-0.2, -0.15) is 5.26 Å². The van der Waals surface area contributed by atoms with Crippen molar-refractivity contribution in [3.8, 4) is 6.07 Å². The van der Waals surface area contributed by atoms with Crippen molar-refractivity contribution in [1.82, 2.24) is 4.72 Å². The molecule has 0 fully saturated rings. The molecule has 1 N–H and O–H groups in total. The molecule has 2 nitrogen and oxygen atoms in total. The molecular weight excluding hydrogens is 108 g/mol. The molecule has 3 heteroatoms. The highest BCUT2D eigenvalue weighted by Gasteiger charge is 2.01. The average molecular weight is 110 g/mol. The van der Waals surface area contributed by atoms with Crippen LogP contribution in [0.1, 0.15) is 0 Å². The molecule has 0 aromatic rings. The lowest BCUT2D eigenvalue weighted by Gasteiger charge is -1.79. The maximum atomic E-state index is 8.15.